The van der Waals surface area contributed by atoms with Gasteiger partial charge >= 0.3 is 12.1 Å². The van der Waals surface area contributed by atoms with E-state index in [1.807, 2.05) is 0 Å². The zero-order chi connectivity index (χ0) is 14.7. The summed E-state index contributed by atoms with van der Waals surface area (Å²) < 4.78 is 39.4. The number of nitrogens with one attached hydrogen (secondary N) is 1. The Labute approximate surface area is 117 Å². The molecule has 2 N–H and O–H groups in total. The highest BCUT2D eigenvalue weighted by Gasteiger charge is 2.31. The van der Waals surface area contributed by atoms with Gasteiger partial charge in [-0.25, -0.2) is 9.78 Å². The molecule has 9 heteroatoms. The molecule has 0 atom stereocenters. The Kier molecular flexibility index (Phi) is 2.58. The first-order chi connectivity index (χ1) is 9.29. The molecule has 0 radical (unpaired) electrons. The van der Waals surface area contributed by atoms with Gasteiger partial charge in [0.2, 0.25) is 5.78 Å². The molecule has 0 aliphatic heterocycles. The third-order valence-electron chi connectivity index (χ3n) is 2.84. The Morgan fingerprint density at radius 2 is 2.10 bits per heavy atom. The molecule has 0 saturated carbocycles. The highest BCUT2D eigenvalue weighted by atomic mass is 79.9. The lowest BCUT2D eigenvalue weighted by Crippen LogP contribution is -2.04. The van der Waals surface area contributed by atoms with Gasteiger partial charge in [-0.05, 0) is 34.1 Å². The van der Waals surface area contributed by atoms with Crippen molar-refractivity contribution in [2.75, 3.05) is 0 Å². The second kappa shape index (κ2) is 3.98. The molecule has 0 aliphatic rings. The highest BCUT2D eigenvalue weighted by molar-refractivity contribution is 9.10. The number of aromatic carboxylic acids is 1. The van der Waals surface area contributed by atoms with Gasteiger partial charge in [0.05, 0.1) is 16.6 Å². The van der Waals surface area contributed by atoms with Crippen LogP contribution in [0, 0.1) is 0 Å². The lowest BCUT2D eigenvalue weighted by atomic mass is 10.2. The quantitative estimate of drug-likeness (QED) is 0.709. The molecule has 0 unspecified atom stereocenters. The molecule has 0 saturated heterocycles. The van der Waals surface area contributed by atoms with Crippen molar-refractivity contribution in [1.82, 2.24) is 14.4 Å². The minimum absolute atomic E-state index is 0.156. The topological polar surface area (TPSA) is 70.4 Å². The monoisotopic (exact) mass is 347 g/mol. The zero-order valence-electron chi connectivity index (χ0n) is 9.49. The predicted octanol–water partition coefficient (Wildman–Crippen LogP) is 3.30. The van der Waals surface area contributed by atoms with Crippen LogP contribution in [0.5, 0.6) is 0 Å². The molecule has 104 valence electrons. The first kappa shape index (κ1) is 13.0. The van der Waals surface area contributed by atoms with Crippen LogP contribution in [-0.4, -0.2) is 25.4 Å². The van der Waals surface area contributed by atoms with Crippen LogP contribution in [0.25, 0.3) is 16.8 Å². The average molecular weight is 348 g/mol. The van der Waals surface area contributed by atoms with Crippen molar-refractivity contribution in [3.8, 4) is 0 Å². The molecule has 20 heavy (non-hydrogen) atoms. The molecule has 0 amide bonds. The van der Waals surface area contributed by atoms with Crippen LogP contribution in [0.1, 0.15) is 16.1 Å². The van der Waals surface area contributed by atoms with E-state index >= 15 is 0 Å². The number of fused-ring (bicyclic) bond motifs is 3. The van der Waals surface area contributed by atoms with E-state index in [9.17, 15) is 18.0 Å². The number of imidazole rings is 2. The molecule has 1 aromatic carbocycles. The van der Waals surface area contributed by atoms with Crippen LogP contribution in [0.15, 0.2) is 22.8 Å². The van der Waals surface area contributed by atoms with E-state index in [0.717, 1.165) is 12.1 Å². The average Bonchev–Trinajstić information content (AvgIpc) is 2.84. The summed E-state index contributed by atoms with van der Waals surface area (Å²) in [5.41, 5.74) is -0.373. The fourth-order valence-electron chi connectivity index (χ4n) is 1.97. The minimum atomic E-state index is -4.44. The van der Waals surface area contributed by atoms with Crippen LogP contribution in [0.2, 0.25) is 0 Å². The van der Waals surface area contributed by atoms with Crippen molar-refractivity contribution < 1.29 is 23.1 Å². The van der Waals surface area contributed by atoms with E-state index < -0.39 is 17.7 Å². The summed E-state index contributed by atoms with van der Waals surface area (Å²) in [6.45, 7) is 0. The van der Waals surface area contributed by atoms with E-state index in [-0.39, 0.29) is 21.6 Å². The summed E-state index contributed by atoms with van der Waals surface area (Å²) in [4.78, 5) is 17.4. The van der Waals surface area contributed by atoms with Crippen molar-refractivity contribution in [2.24, 2.45) is 0 Å². The lowest BCUT2D eigenvalue weighted by Gasteiger charge is -2.05. The summed E-state index contributed by atoms with van der Waals surface area (Å²) in [5.74, 6) is -1.07. The number of alkyl halides is 3. The first-order valence-electron chi connectivity index (χ1n) is 5.29. The number of aromatic nitrogens is 3. The second-order valence-electron chi connectivity index (χ2n) is 4.07. The molecule has 0 spiro atoms. The summed E-state index contributed by atoms with van der Waals surface area (Å²) in [6, 6.07) is 3.15. The fraction of sp³-hybridized carbons (Fsp3) is 0.0909. The summed E-state index contributed by atoms with van der Waals surface area (Å²) in [7, 11) is 0. The van der Waals surface area contributed by atoms with Crippen molar-refractivity contribution in [3.63, 3.8) is 0 Å². The number of rotatable bonds is 1. The zero-order valence-corrected chi connectivity index (χ0v) is 11.1. The molecule has 3 rings (SSSR count). The number of nitrogens with zero attached hydrogens (tertiary/aromatic N) is 2. The van der Waals surface area contributed by atoms with Gasteiger partial charge in [0.15, 0.2) is 5.69 Å². The van der Waals surface area contributed by atoms with Crippen LogP contribution in [0.3, 0.4) is 0 Å². The molecule has 0 fully saturated rings. The molecular weight excluding hydrogens is 343 g/mol. The van der Waals surface area contributed by atoms with Gasteiger partial charge in [-0.15, -0.1) is 0 Å². The van der Waals surface area contributed by atoms with Gasteiger partial charge in [0, 0.05) is 0 Å². The molecular formula is C11H5BrF3N3O2. The predicted molar refractivity (Wildman–Crippen MR) is 66.7 cm³/mol. The van der Waals surface area contributed by atoms with Crippen LogP contribution >= 0.6 is 15.9 Å². The van der Waals surface area contributed by atoms with Gasteiger partial charge < -0.3 is 10.1 Å². The number of carbonyl (C=O) groups is 1. The van der Waals surface area contributed by atoms with E-state index in [0.29, 0.717) is 5.52 Å². The van der Waals surface area contributed by atoms with Crippen molar-refractivity contribution in [3.05, 3.63) is 34.1 Å². The summed E-state index contributed by atoms with van der Waals surface area (Å²) >= 11 is 3.09. The smallest absolute Gasteiger partial charge is 0.416 e. The van der Waals surface area contributed by atoms with Gasteiger partial charge in [0.25, 0.3) is 0 Å². The molecule has 2 aromatic heterocycles. The standard InChI is InChI=1S/C11H5BrF3N3O2/c12-8-7(9(19)20)17-10-16-5-3-4(11(13,14)15)1-2-6(5)18(8)10/h1-3H,(H,16,17)(H,19,20). The summed E-state index contributed by atoms with van der Waals surface area (Å²) in [5, 5.41) is 8.94. The highest BCUT2D eigenvalue weighted by Crippen LogP contribution is 2.32. The molecule has 0 bridgehead atoms. The SMILES string of the molecule is O=C(O)c1nc2[nH]c3cc(C(F)(F)F)ccc3n2c1Br. The van der Waals surface area contributed by atoms with E-state index in [1.165, 1.54) is 10.5 Å². The molecule has 3 aromatic rings. The maximum absolute atomic E-state index is 12.6. The van der Waals surface area contributed by atoms with Crippen molar-refractivity contribution >= 4 is 38.7 Å². The number of carboxylic acid groups (broad SMARTS) is 1. The van der Waals surface area contributed by atoms with Crippen molar-refractivity contribution in [2.45, 2.75) is 6.18 Å². The Morgan fingerprint density at radius 1 is 1.40 bits per heavy atom. The molecule has 5 nitrogen and oxygen atoms in total. The van der Waals surface area contributed by atoms with Gasteiger partial charge in [-0.1, -0.05) is 0 Å². The first-order valence-corrected chi connectivity index (χ1v) is 6.08. The third-order valence-corrected chi connectivity index (χ3v) is 3.57. The Bertz CT molecular complexity index is 850. The van der Waals surface area contributed by atoms with Gasteiger partial charge in [-0.3, -0.25) is 4.40 Å². The number of benzene rings is 1. The third kappa shape index (κ3) is 1.77. The van der Waals surface area contributed by atoms with Crippen LogP contribution in [0.4, 0.5) is 13.2 Å². The molecule has 2 heterocycles. The van der Waals surface area contributed by atoms with E-state index in [4.69, 9.17) is 5.11 Å². The van der Waals surface area contributed by atoms with E-state index in [2.05, 4.69) is 25.9 Å². The largest absolute Gasteiger partial charge is 0.476 e. The van der Waals surface area contributed by atoms with Crippen LogP contribution < -0.4 is 0 Å². The Morgan fingerprint density at radius 3 is 2.70 bits per heavy atom. The number of hydrogen-bond donors (Lipinski definition) is 2. The maximum Gasteiger partial charge on any atom is 0.416 e. The number of H-pyrrole nitrogens is 1. The minimum Gasteiger partial charge on any atom is -0.476 e. The normalized spacial score (nSPS) is 12.4. The number of carboxylic acids is 1. The lowest BCUT2D eigenvalue weighted by molar-refractivity contribution is -0.137. The summed E-state index contributed by atoms with van der Waals surface area (Å²) in [6.07, 6.45) is -4.44. The van der Waals surface area contributed by atoms with Gasteiger partial charge in [-0.2, -0.15) is 13.2 Å². The number of aromatic amines is 1. The molecule has 0 aliphatic carbocycles. The number of halogens is 4. The Balaban J connectivity index is 2.31. The van der Waals surface area contributed by atoms with Gasteiger partial charge in [0.1, 0.15) is 4.60 Å². The Hall–Kier alpha value is -2.03. The fourth-order valence-corrected chi connectivity index (χ4v) is 2.59. The van der Waals surface area contributed by atoms with Crippen LogP contribution in [-0.2, 0) is 6.18 Å². The van der Waals surface area contributed by atoms with Crippen molar-refractivity contribution in [1.29, 1.82) is 0 Å². The van der Waals surface area contributed by atoms with E-state index in [1.54, 1.807) is 0 Å². The maximum atomic E-state index is 12.6. The second-order valence-corrected chi connectivity index (χ2v) is 4.82. The number of hydrogen-bond acceptors (Lipinski definition) is 2.